The number of hydrogen-bond acceptors (Lipinski definition) is 4. The summed E-state index contributed by atoms with van der Waals surface area (Å²) < 4.78 is 13.1. The molecule has 0 radical (unpaired) electrons. The summed E-state index contributed by atoms with van der Waals surface area (Å²) in [7, 11) is 0. The number of thioether (sulfide) groups is 1. The molecule has 0 saturated carbocycles. The quantitative estimate of drug-likeness (QED) is 0.760. The number of halogens is 1. The molecule has 1 amide bonds. The topological polar surface area (TPSA) is 35.9 Å². The van der Waals surface area contributed by atoms with Crippen molar-refractivity contribution in [2.24, 2.45) is 4.99 Å². The van der Waals surface area contributed by atoms with Crippen LogP contribution in [0.25, 0.3) is 6.08 Å². The van der Waals surface area contributed by atoms with Gasteiger partial charge >= 0.3 is 0 Å². The summed E-state index contributed by atoms with van der Waals surface area (Å²) in [4.78, 5) is 21.5. The van der Waals surface area contributed by atoms with Crippen molar-refractivity contribution < 1.29 is 9.18 Å². The second-order valence-electron chi connectivity index (χ2n) is 6.17. The Hall–Kier alpha value is -2.60. The second-order valence-corrected chi connectivity index (χ2v) is 7.18. The van der Waals surface area contributed by atoms with Crippen molar-refractivity contribution in [1.82, 2.24) is 4.90 Å². The van der Waals surface area contributed by atoms with Gasteiger partial charge in [-0.15, -0.1) is 0 Å². The standard InChI is InChI=1S/C20H18FN3OS/c21-16-6-8-17(9-7-16)23-10-12-24(13-11-23)20-22-19(25)18(26-20)14-15-4-2-1-3-5-15/h1-9,14H,10-13H2/b18-14-. The average Bonchev–Trinajstić information content (AvgIpc) is 3.04. The molecule has 6 heteroatoms. The number of rotatable bonds is 2. The Morgan fingerprint density at radius 1 is 0.923 bits per heavy atom. The van der Waals surface area contributed by atoms with Gasteiger partial charge in [-0.2, -0.15) is 4.99 Å². The summed E-state index contributed by atoms with van der Waals surface area (Å²) in [5.41, 5.74) is 2.02. The molecule has 1 saturated heterocycles. The van der Waals surface area contributed by atoms with E-state index < -0.39 is 0 Å². The predicted octanol–water partition coefficient (Wildman–Crippen LogP) is 3.62. The first kappa shape index (κ1) is 16.8. The molecular weight excluding hydrogens is 349 g/mol. The number of carbonyl (C=O) groups excluding carboxylic acids is 1. The molecule has 0 spiro atoms. The summed E-state index contributed by atoms with van der Waals surface area (Å²) in [6.45, 7) is 3.21. The number of piperazine rings is 1. The molecule has 0 bridgehead atoms. The Morgan fingerprint density at radius 2 is 1.58 bits per heavy atom. The maximum absolute atomic E-state index is 13.1. The second kappa shape index (κ2) is 7.33. The van der Waals surface area contributed by atoms with Crippen LogP contribution in [0.3, 0.4) is 0 Å². The number of anilines is 1. The maximum atomic E-state index is 13.1. The third-order valence-electron chi connectivity index (χ3n) is 4.45. The van der Waals surface area contributed by atoms with Gasteiger partial charge < -0.3 is 9.80 Å². The fraction of sp³-hybridized carbons (Fsp3) is 0.200. The van der Waals surface area contributed by atoms with E-state index in [1.54, 1.807) is 12.1 Å². The van der Waals surface area contributed by atoms with Crippen molar-refractivity contribution in [3.05, 3.63) is 70.9 Å². The van der Waals surface area contributed by atoms with E-state index in [0.29, 0.717) is 4.91 Å². The zero-order valence-electron chi connectivity index (χ0n) is 14.1. The maximum Gasteiger partial charge on any atom is 0.286 e. The van der Waals surface area contributed by atoms with Gasteiger partial charge in [-0.1, -0.05) is 30.3 Å². The van der Waals surface area contributed by atoms with Crippen LogP contribution in [0.1, 0.15) is 5.56 Å². The molecule has 0 aliphatic carbocycles. The fourth-order valence-corrected chi connectivity index (χ4v) is 4.01. The molecule has 26 heavy (non-hydrogen) atoms. The van der Waals surface area contributed by atoms with Crippen molar-refractivity contribution in [3.8, 4) is 0 Å². The Kier molecular flexibility index (Phi) is 4.75. The Balaban J connectivity index is 1.39. The predicted molar refractivity (Wildman–Crippen MR) is 105 cm³/mol. The minimum Gasteiger partial charge on any atom is -0.368 e. The van der Waals surface area contributed by atoms with Crippen molar-refractivity contribution >= 4 is 34.6 Å². The third kappa shape index (κ3) is 3.65. The molecular formula is C20H18FN3OS. The molecule has 2 heterocycles. The first-order chi connectivity index (χ1) is 12.7. The molecule has 0 aromatic heterocycles. The molecule has 0 atom stereocenters. The van der Waals surface area contributed by atoms with Crippen LogP contribution in [0.5, 0.6) is 0 Å². The molecule has 1 fully saturated rings. The van der Waals surface area contributed by atoms with Crippen molar-refractivity contribution in [2.75, 3.05) is 31.1 Å². The minimum atomic E-state index is -0.222. The molecule has 2 aliphatic rings. The van der Waals surface area contributed by atoms with Gasteiger partial charge in [-0.25, -0.2) is 4.39 Å². The van der Waals surface area contributed by atoms with Crippen LogP contribution in [-0.2, 0) is 4.79 Å². The summed E-state index contributed by atoms with van der Waals surface area (Å²) in [5, 5.41) is 0.774. The SMILES string of the molecule is O=C1N=C(N2CCN(c3ccc(F)cc3)CC2)S/C1=C\c1ccccc1. The molecule has 132 valence electrons. The lowest BCUT2D eigenvalue weighted by molar-refractivity contribution is -0.113. The van der Waals surface area contributed by atoms with E-state index >= 15 is 0 Å². The van der Waals surface area contributed by atoms with Gasteiger partial charge in [0.1, 0.15) is 5.82 Å². The lowest BCUT2D eigenvalue weighted by Gasteiger charge is -2.36. The van der Waals surface area contributed by atoms with Gasteiger partial charge in [0.05, 0.1) is 4.91 Å². The molecule has 2 aromatic carbocycles. The molecule has 2 aliphatic heterocycles. The van der Waals surface area contributed by atoms with Crippen molar-refractivity contribution in [3.63, 3.8) is 0 Å². The van der Waals surface area contributed by atoms with E-state index in [9.17, 15) is 9.18 Å². The Bertz CT molecular complexity index is 856. The molecule has 2 aromatic rings. The van der Waals surface area contributed by atoms with Crippen LogP contribution in [0.15, 0.2) is 64.5 Å². The van der Waals surface area contributed by atoms with Crippen molar-refractivity contribution in [1.29, 1.82) is 0 Å². The summed E-state index contributed by atoms with van der Waals surface area (Å²) in [6.07, 6.45) is 1.89. The van der Waals surface area contributed by atoms with Crippen LogP contribution in [-0.4, -0.2) is 42.2 Å². The van der Waals surface area contributed by atoms with Crippen LogP contribution < -0.4 is 4.90 Å². The number of amides is 1. The first-order valence-corrected chi connectivity index (χ1v) is 9.34. The van der Waals surface area contributed by atoms with E-state index in [1.165, 1.54) is 23.9 Å². The highest BCUT2D eigenvalue weighted by molar-refractivity contribution is 8.18. The van der Waals surface area contributed by atoms with Gasteiger partial charge in [0.15, 0.2) is 5.17 Å². The number of hydrogen-bond donors (Lipinski definition) is 0. The number of benzene rings is 2. The van der Waals surface area contributed by atoms with Gasteiger partial charge in [0.2, 0.25) is 0 Å². The van der Waals surface area contributed by atoms with Gasteiger partial charge in [-0.3, -0.25) is 4.79 Å². The van der Waals surface area contributed by atoms with Crippen LogP contribution in [0, 0.1) is 5.82 Å². The number of nitrogens with zero attached hydrogens (tertiary/aromatic N) is 3. The van der Waals surface area contributed by atoms with E-state index in [4.69, 9.17) is 0 Å². The summed E-state index contributed by atoms with van der Waals surface area (Å²) >= 11 is 1.44. The van der Waals surface area contributed by atoms with Crippen LogP contribution in [0.2, 0.25) is 0 Å². The number of amidine groups is 1. The summed E-state index contributed by atoms with van der Waals surface area (Å²) in [5.74, 6) is -0.393. The smallest absolute Gasteiger partial charge is 0.286 e. The van der Waals surface area contributed by atoms with E-state index in [0.717, 1.165) is 42.6 Å². The zero-order valence-corrected chi connectivity index (χ0v) is 15.0. The molecule has 4 rings (SSSR count). The lowest BCUT2D eigenvalue weighted by Crippen LogP contribution is -2.47. The number of aliphatic imine (C=N–C) groups is 1. The average molecular weight is 367 g/mol. The van der Waals surface area contributed by atoms with E-state index in [-0.39, 0.29) is 11.7 Å². The third-order valence-corrected chi connectivity index (χ3v) is 5.49. The largest absolute Gasteiger partial charge is 0.368 e. The van der Waals surface area contributed by atoms with Crippen LogP contribution >= 0.6 is 11.8 Å². The number of carbonyl (C=O) groups is 1. The minimum absolute atomic E-state index is 0.171. The lowest BCUT2D eigenvalue weighted by atomic mass is 10.2. The molecule has 0 unspecified atom stereocenters. The highest BCUT2D eigenvalue weighted by atomic mass is 32.2. The first-order valence-electron chi connectivity index (χ1n) is 8.52. The molecule has 4 nitrogen and oxygen atoms in total. The Labute approximate surface area is 156 Å². The fourth-order valence-electron chi connectivity index (χ4n) is 3.04. The van der Waals surface area contributed by atoms with Gasteiger partial charge in [-0.05, 0) is 47.7 Å². The van der Waals surface area contributed by atoms with Crippen molar-refractivity contribution in [2.45, 2.75) is 0 Å². The van der Waals surface area contributed by atoms with Gasteiger partial charge in [0, 0.05) is 31.9 Å². The zero-order chi connectivity index (χ0) is 17.9. The van der Waals surface area contributed by atoms with E-state index in [2.05, 4.69) is 14.8 Å². The molecule has 0 N–H and O–H groups in total. The highest BCUT2D eigenvalue weighted by Gasteiger charge is 2.28. The normalized spacial score (nSPS) is 19.2. The van der Waals surface area contributed by atoms with E-state index in [1.807, 2.05) is 36.4 Å². The summed E-state index contributed by atoms with van der Waals surface area (Å²) in [6, 6.07) is 16.4. The Morgan fingerprint density at radius 3 is 2.27 bits per heavy atom. The highest BCUT2D eigenvalue weighted by Crippen LogP contribution is 2.31. The monoisotopic (exact) mass is 367 g/mol. The van der Waals surface area contributed by atoms with Gasteiger partial charge in [0.25, 0.3) is 5.91 Å². The van der Waals surface area contributed by atoms with Crippen LogP contribution in [0.4, 0.5) is 10.1 Å².